The lowest BCUT2D eigenvalue weighted by Gasteiger charge is -2.29. The van der Waals surface area contributed by atoms with Gasteiger partial charge >= 0.3 is 11.9 Å². The molecule has 6 nitrogen and oxygen atoms in total. The van der Waals surface area contributed by atoms with E-state index in [4.69, 9.17) is 19.2 Å². The minimum Gasteiger partial charge on any atom is -0.459 e. The Bertz CT molecular complexity index is 529. The summed E-state index contributed by atoms with van der Waals surface area (Å²) < 4.78 is 10.4. The van der Waals surface area contributed by atoms with E-state index in [9.17, 15) is 9.59 Å². The van der Waals surface area contributed by atoms with Gasteiger partial charge in [0.15, 0.2) is 0 Å². The predicted molar refractivity (Wildman–Crippen MR) is 77.3 cm³/mol. The van der Waals surface area contributed by atoms with Crippen LogP contribution in [-0.2, 0) is 19.2 Å². The number of hydrogen-bond donors (Lipinski definition) is 0. The van der Waals surface area contributed by atoms with Crippen LogP contribution >= 0.6 is 0 Å². The highest BCUT2D eigenvalue weighted by atomic mass is 17.2. The molecule has 1 aliphatic rings. The first kappa shape index (κ1) is 16.5. The van der Waals surface area contributed by atoms with Crippen LogP contribution in [0, 0.1) is 0 Å². The zero-order valence-corrected chi connectivity index (χ0v) is 13.2. The molecule has 1 aliphatic heterocycles. The fourth-order valence-corrected chi connectivity index (χ4v) is 1.69. The topological polar surface area (TPSA) is 71.1 Å². The van der Waals surface area contributed by atoms with Crippen LogP contribution in [0.15, 0.2) is 24.3 Å². The van der Waals surface area contributed by atoms with E-state index in [0.29, 0.717) is 0 Å². The SMILES string of the molecule is CC1(C)COC(=O)c2cccc(c2)C(=O)OCC(C)(C)OO1. The molecule has 2 bridgehead atoms. The van der Waals surface area contributed by atoms with Crippen molar-refractivity contribution in [2.45, 2.75) is 38.9 Å². The number of ether oxygens (including phenoxy) is 2. The smallest absolute Gasteiger partial charge is 0.338 e. The van der Waals surface area contributed by atoms with Crippen LogP contribution in [-0.4, -0.2) is 36.4 Å². The zero-order chi connectivity index (χ0) is 16.4. The summed E-state index contributed by atoms with van der Waals surface area (Å²) in [6.07, 6.45) is 0. The molecule has 0 N–H and O–H groups in total. The number of rotatable bonds is 0. The number of carbonyl (C=O) groups excluding carboxylic acids is 2. The van der Waals surface area contributed by atoms with E-state index in [0.717, 1.165) is 0 Å². The highest BCUT2D eigenvalue weighted by Gasteiger charge is 2.30. The number of fused-ring (bicyclic) bond motifs is 2. The van der Waals surface area contributed by atoms with Crippen LogP contribution in [0.3, 0.4) is 0 Å². The maximum atomic E-state index is 12.0. The summed E-state index contributed by atoms with van der Waals surface area (Å²) in [5.74, 6) is -1.07. The van der Waals surface area contributed by atoms with E-state index in [2.05, 4.69) is 0 Å². The number of carbonyl (C=O) groups is 2. The van der Waals surface area contributed by atoms with Gasteiger partial charge in [0.2, 0.25) is 0 Å². The number of benzene rings is 1. The minimum atomic E-state index is -0.831. The van der Waals surface area contributed by atoms with Gasteiger partial charge in [0, 0.05) is 0 Å². The van der Waals surface area contributed by atoms with Gasteiger partial charge in [0.25, 0.3) is 0 Å². The first-order valence-corrected chi connectivity index (χ1v) is 7.00. The van der Waals surface area contributed by atoms with Gasteiger partial charge in [-0.2, -0.15) is 0 Å². The summed E-state index contributed by atoms with van der Waals surface area (Å²) >= 11 is 0. The molecular weight excluding hydrogens is 288 g/mol. The molecule has 0 aliphatic carbocycles. The molecule has 0 unspecified atom stereocenters. The van der Waals surface area contributed by atoms with E-state index in [1.807, 2.05) is 0 Å². The monoisotopic (exact) mass is 308 g/mol. The Labute approximate surface area is 129 Å². The molecule has 6 heteroatoms. The van der Waals surface area contributed by atoms with Crippen molar-refractivity contribution in [3.63, 3.8) is 0 Å². The molecule has 1 heterocycles. The van der Waals surface area contributed by atoms with E-state index in [-0.39, 0.29) is 24.3 Å². The van der Waals surface area contributed by atoms with Gasteiger partial charge in [0.05, 0.1) is 11.1 Å². The fraction of sp³-hybridized carbons (Fsp3) is 0.500. The Hall–Kier alpha value is -1.92. The zero-order valence-electron chi connectivity index (χ0n) is 13.2. The Morgan fingerprint density at radius 3 is 1.64 bits per heavy atom. The lowest BCUT2D eigenvalue weighted by Crippen LogP contribution is -2.39. The Kier molecular flexibility index (Phi) is 4.53. The van der Waals surface area contributed by atoms with Crippen molar-refractivity contribution in [1.82, 2.24) is 0 Å². The minimum absolute atomic E-state index is 0.0148. The summed E-state index contributed by atoms with van der Waals surface area (Å²) in [7, 11) is 0. The molecule has 0 atom stereocenters. The third-order valence-electron chi connectivity index (χ3n) is 2.93. The van der Waals surface area contributed by atoms with Gasteiger partial charge in [-0.15, -0.1) is 0 Å². The van der Waals surface area contributed by atoms with Crippen molar-refractivity contribution in [3.05, 3.63) is 35.4 Å². The van der Waals surface area contributed by atoms with Gasteiger partial charge in [-0.25, -0.2) is 19.4 Å². The third kappa shape index (κ3) is 4.29. The highest BCUT2D eigenvalue weighted by molar-refractivity contribution is 5.95. The van der Waals surface area contributed by atoms with Crippen molar-refractivity contribution in [2.24, 2.45) is 0 Å². The lowest BCUT2D eigenvalue weighted by atomic mass is 10.1. The van der Waals surface area contributed by atoms with Crippen LogP contribution in [0.5, 0.6) is 0 Å². The highest BCUT2D eigenvalue weighted by Crippen LogP contribution is 2.20. The van der Waals surface area contributed by atoms with Crippen LogP contribution in [0.2, 0.25) is 0 Å². The summed E-state index contributed by atoms with van der Waals surface area (Å²) in [6.45, 7) is 6.97. The van der Waals surface area contributed by atoms with Crippen LogP contribution in [0.25, 0.3) is 0 Å². The summed E-state index contributed by atoms with van der Waals surface area (Å²) in [5.41, 5.74) is -1.10. The van der Waals surface area contributed by atoms with Crippen molar-refractivity contribution in [2.75, 3.05) is 13.2 Å². The first-order valence-electron chi connectivity index (χ1n) is 7.00. The normalized spacial score (nSPS) is 21.6. The molecule has 1 aromatic carbocycles. The number of esters is 2. The van der Waals surface area contributed by atoms with E-state index < -0.39 is 23.1 Å². The Balaban J connectivity index is 2.29. The Morgan fingerprint density at radius 2 is 1.23 bits per heavy atom. The molecule has 0 fully saturated rings. The molecule has 0 radical (unpaired) electrons. The van der Waals surface area contributed by atoms with Crippen molar-refractivity contribution in [1.29, 1.82) is 0 Å². The largest absolute Gasteiger partial charge is 0.459 e. The summed E-state index contributed by atoms with van der Waals surface area (Å²) in [4.78, 5) is 34.7. The molecular formula is C16H20O6. The predicted octanol–water partition coefficient (Wildman–Crippen LogP) is 2.52. The molecule has 0 saturated heterocycles. The van der Waals surface area contributed by atoms with Gasteiger partial charge in [-0.05, 0) is 45.9 Å². The van der Waals surface area contributed by atoms with Gasteiger partial charge in [-0.3, -0.25) is 0 Å². The quantitative estimate of drug-likeness (QED) is 0.542. The lowest BCUT2D eigenvalue weighted by molar-refractivity contribution is -0.407. The number of hydrogen-bond acceptors (Lipinski definition) is 6. The van der Waals surface area contributed by atoms with Gasteiger partial charge < -0.3 is 9.47 Å². The van der Waals surface area contributed by atoms with Crippen molar-refractivity contribution >= 4 is 11.9 Å². The molecule has 120 valence electrons. The summed E-state index contributed by atoms with van der Waals surface area (Å²) in [5, 5.41) is 0. The van der Waals surface area contributed by atoms with Crippen LogP contribution < -0.4 is 0 Å². The van der Waals surface area contributed by atoms with E-state index in [1.54, 1.807) is 45.9 Å². The van der Waals surface area contributed by atoms with E-state index in [1.165, 1.54) is 6.07 Å². The second-order valence-electron chi connectivity index (χ2n) is 6.42. The molecule has 0 amide bonds. The average molecular weight is 308 g/mol. The molecule has 1 aromatic rings. The van der Waals surface area contributed by atoms with Crippen LogP contribution in [0.1, 0.15) is 48.4 Å². The molecule has 2 rings (SSSR count). The van der Waals surface area contributed by atoms with Crippen molar-refractivity contribution < 1.29 is 28.8 Å². The number of cyclic esters (lactones) is 2. The standard InChI is InChI=1S/C16H20O6/c1-15(2)9-19-13(17)11-6-5-7-12(8-11)14(18)20-10-16(3,4)22-21-15/h5-8H,9-10H2,1-4H3. The second kappa shape index (κ2) is 6.06. The van der Waals surface area contributed by atoms with E-state index >= 15 is 0 Å². The molecule has 0 saturated carbocycles. The first-order chi connectivity index (χ1) is 10.2. The summed E-state index contributed by atoms with van der Waals surface area (Å²) in [6, 6.07) is 6.21. The molecule has 0 spiro atoms. The third-order valence-corrected chi connectivity index (χ3v) is 2.93. The van der Waals surface area contributed by atoms with Crippen molar-refractivity contribution in [3.8, 4) is 0 Å². The fourth-order valence-electron chi connectivity index (χ4n) is 1.69. The molecule has 0 aromatic heterocycles. The average Bonchev–Trinajstić information content (AvgIpc) is 2.48. The van der Waals surface area contributed by atoms with Crippen LogP contribution in [0.4, 0.5) is 0 Å². The second-order valence-corrected chi connectivity index (χ2v) is 6.42. The maximum absolute atomic E-state index is 12.0. The Morgan fingerprint density at radius 1 is 0.818 bits per heavy atom. The molecule has 22 heavy (non-hydrogen) atoms. The van der Waals surface area contributed by atoms with Gasteiger partial charge in [0.1, 0.15) is 24.4 Å². The van der Waals surface area contributed by atoms with Gasteiger partial charge in [-0.1, -0.05) is 6.07 Å². The maximum Gasteiger partial charge on any atom is 0.338 e.